The second kappa shape index (κ2) is 10.9. The van der Waals surface area contributed by atoms with E-state index in [2.05, 4.69) is 5.32 Å². The molecule has 0 aliphatic rings. The van der Waals surface area contributed by atoms with Crippen LogP contribution in [0, 0.1) is 6.92 Å². The molecule has 0 radical (unpaired) electrons. The first-order chi connectivity index (χ1) is 13.9. The van der Waals surface area contributed by atoms with Crippen LogP contribution in [0.5, 0.6) is 17.2 Å². The van der Waals surface area contributed by atoms with Gasteiger partial charge in [0.15, 0.2) is 24.2 Å². The van der Waals surface area contributed by atoms with Crippen LogP contribution in [0.25, 0.3) is 0 Å². The lowest BCUT2D eigenvalue weighted by molar-refractivity contribution is -0.153. The first kappa shape index (κ1) is 22.1. The van der Waals surface area contributed by atoms with E-state index in [9.17, 15) is 9.59 Å². The maximum absolute atomic E-state index is 12.1. The summed E-state index contributed by atoms with van der Waals surface area (Å²) in [6, 6.07) is 12.4. The summed E-state index contributed by atoms with van der Waals surface area (Å²) in [5, 5.41) is 2.67. The fourth-order valence-corrected chi connectivity index (χ4v) is 2.52. The third-order valence-electron chi connectivity index (χ3n) is 3.81. The highest BCUT2D eigenvalue weighted by Crippen LogP contribution is 2.30. The molecule has 0 aliphatic carbocycles. The van der Waals surface area contributed by atoms with Gasteiger partial charge in [0.2, 0.25) is 0 Å². The number of amides is 1. The Labute approximate surface area is 170 Å². The largest absolute Gasteiger partial charge is 0.490 e. The maximum atomic E-state index is 12.1. The van der Waals surface area contributed by atoms with Gasteiger partial charge >= 0.3 is 5.97 Å². The number of nitrogens with one attached hydrogen (secondary N) is 1. The van der Waals surface area contributed by atoms with Crippen molar-refractivity contribution >= 4 is 17.6 Å². The fraction of sp³-hybridized carbons (Fsp3) is 0.364. The lowest BCUT2D eigenvalue weighted by Gasteiger charge is -2.15. The zero-order valence-electron chi connectivity index (χ0n) is 17.2. The summed E-state index contributed by atoms with van der Waals surface area (Å²) in [5.74, 6) is 0.609. The summed E-state index contributed by atoms with van der Waals surface area (Å²) in [7, 11) is 0. The molecule has 0 bridgehead atoms. The molecular weight excluding hydrogens is 374 g/mol. The summed E-state index contributed by atoms with van der Waals surface area (Å²) < 4.78 is 21.6. The average molecular weight is 401 g/mol. The Bertz CT molecular complexity index is 836. The van der Waals surface area contributed by atoms with Crippen LogP contribution in [0.1, 0.15) is 26.3 Å². The third-order valence-corrected chi connectivity index (χ3v) is 3.81. The van der Waals surface area contributed by atoms with Crippen molar-refractivity contribution < 1.29 is 28.5 Å². The third kappa shape index (κ3) is 7.03. The van der Waals surface area contributed by atoms with Crippen LogP contribution in [-0.4, -0.2) is 37.8 Å². The highest BCUT2D eigenvalue weighted by atomic mass is 16.6. The molecular formula is C22H27NO6. The van der Waals surface area contributed by atoms with Crippen molar-refractivity contribution in [1.82, 2.24) is 0 Å². The van der Waals surface area contributed by atoms with Crippen LogP contribution < -0.4 is 19.5 Å². The van der Waals surface area contributed by atoms with Crippen molar-refractivity contribution in [1.29, 1.82) is 0 Å². The molecule has 0 unspecified atom stereocenters. The van der Waals surface area contributed by atoms with Crippen LogP contribution >= 0.6 is 0 Å². The van der Waals surface area contributed by atoms with Gasteiger partial charge in [-0.2, -0.15) is 0 Å². The minimum absolute atomic E-state index is 0.419. The van der Waals surface area contributed by atoms with Crippen molar-refractivity contribution in [3.8, 4) is 17.2 Å². The van der Waals surface area contributed by atoms with Gasteiger partial charge in [0, 0.05) is 11.8 Å². The van der Waals surface area contributed by atoms with Gasteiger partial charge in [-0.05, 0) is 57.5 Å². The standard InChI is InChI=1S/C22H27NO6/c1-5-26-19-11-10-17(13-20(19)27-6-2)23-21(24)14-28-22(25)16(4)29-18-9-7-8-15(3)12-18/h7-13,16H,5-6,14H2,1-4H3,(H,23,24)/t16-/m0/s1. The van der Waals surface area contributed by atoms with E-state index in [0.29, 0.717) is 36.1 Å². The number of carbonyl (C=O) groups is 2. The Balaban J connectivity index is 1.87. The molecule has 0 fully saturated rings. The van der Waals surface area contributed by atoms with Crippen LogP contribution in [0.15, 0.2) is 42.5 Å². The molecule has 1 atom stereocenters. The molecule has 1 amide bonds. The highest BCUT2D eigenvalue weighted by Gasteiger charge is 2.18. The van der Waals surface area contributed by atoms with Crippen molar-refractivity contribution in [2.24, 2.45) is 0 Å². The molecule has 0 saturated carbocycles. The number of benzene rings is 2. The number of hydrogen-bond acceptors (Lipinski definition) is 6. The van der Waals surface area contributed by atoms with Crippen molar-refractivity contribution in [2.45, 2.75) is 33.8 Å². The Morgan fingerprint density at radius 1 is 1.00 bits per heavy atom. The molecule has 2 aromatic carbocycles. The van der Waals surface area contributed by atoms with Crippen molar-refractivity contribution in [2.75, 3.05) is 25.1 Å². The van der Waals surface area contributed by atoms with E-state index >= 15 is 0 Å². The van der Waals surface area contributed by atoms with Gasteiger partial charge in [0.25, 0.3) is 5.91 Å². The minimum atomic E-state index is -0.834. The maximum Gasteiger partial charge on any atom is 0.347 e. The summed E-state index contributed by atoms with van der Waals surface area (Å²) in [6.45, 7) is 7.79. The van der Waals surface area contributed by atoms with Gasteiger partial charge in [0.05, 0.1) is 13.2 Å². The average Bonchev–Trinajstić information content (AvgIpc) is 2.68. The number of aryl methyl sites for hydroxylation is 1. The number of anilines is 1. The Kier molecular flexibility index (Phi) is 8.33. The lowest BCUT2D eigenvalue weighted by Crippen LogP contribution is -2.29. The SMILES string of the molecule is CCOc1ccc(NC(=O)COC(=O)[C@H](C)Oc2cccc(C)c2)cc1OCC. The zero-order chi connectivity index (χ0) is 21.2. The molecule has 0 aliphatic heterocycles. The van der Waals surface area contributed by atoms with Gasteiger partial charge in [-0.25, -0.2) is 4.79 Å². The Morgan fingerprint density at radius 3 is 2.41 bits per heavy atom. The van der Waals surface area contributed by atoms with Gasteiger partial charge in [-0.1, -0.05) is 12.1 Å². The van der Waals surface area contributed by atoms with E-state index in [4.69, 9.17) is 18.9 Å². The zero-order valence-corrected chi connectivity index (χ0v) is 17.2. The van der Waals surface area contributed by atoms with Gasteiger partial charge < -0.3 is 24.3 Å². The summed E-state index contributed by atoms with van der Waals surface area (Å²) in [4.78, 5) is 24.2. The molecule has 156 valence electrons. The first-order valence-corrected chi connectivity index (χ1v) is 9.52. The monoisotopic (exact) mass is 401 g/mol. The van der Waals surface area contributed by atoms with Crippen LogP contribution in [0.3, 0.4) is 0 Å². The number of ether oxygens (including phenoxy) is 4. The number of carbonyl (C=O) groups excluding carboxylic acids is 2. The number of hydrogen-bond donors (Lipinski definition) is 1. The highest BCUT2D eigenvalue weighted by molar-refractivity contribution is 5.93. The normalized spacial score (nSPS) is 11.3. The Hall–Kier alpha value is -3.22. The van der Waals surface area contributed by atoms with Crippen molar-refractivity contribution in [3.63, 3.8) is 0 Å². The number of esters is 1. The molecule has 7 heteroatoms. The van der Waals surface area contributed by atoms with Crippen molar-refractivity contribution in [3.05, 3.63) is 48.0 Å². The topological polar surface area (TPSA) is 83.1 Å². The second-order valence-corrected chi connectivity index (χ2v) is 6.26. The van der Waals surface area contributed by atoms with Crippen LogP contribution in [0.2, 0.25) is 0 Å². The van der Waals surface area contributed by atoms with Crippen LogP contribution in [-0.2, 0) is 14.3 Å². The van der Waals surface area contributed by atoms with E-state index in [1.165, 1.54) is 0 Å². The van der Waals surface area contributed by atoms with E-state index in [-0.39, 0.29) is 0 Å². The van der Waals surface area contributed by atoms with Crippen LogP contribution in [0.4, 0.5) is 5.69 Å². The van der Waals surface area contributed by atoms with Gasteiger partial charge in [-0.15, -0.1) is 0 Å². The molecule has 0 spiro atoms. The predicted octanol–water partition coefficient (Wildman–Crippen LogP) is 3.74. The smallest absolute Gasteiger partial charge is 0.347 e. The molecule has 2 rings (SSSR count). The molecule has 7 nitrogen and oxygen atoms in total. The molecule has 0 saturated heterocycles. The molecule has 2 aromatic rings. The van der Waals surface area contributed by atoms with E-state index < -0.39 is 24.6 Å². The Morgan fingerprint density at radius 2 is 1.72 bits per heavy atom. The summed E-state index contributed by atoms with van der Waals surface area (Å²) in [5.41, 5.74) is 1.53. The molecule has 29 heavy (non-hydrogen) atoms. The predicted molar refractivity (Wildman–Crippen MR) is 110 cm³/mol. The molecule has 1 N–H and O–H groups in total. The quantitative estimate of drug-likeness (QED) is 0.611. The van der Waals surface area contributed by atoms with E-state index in [1.807, 2.05) is 39.0 Å². The fourth-order valence-electron chi connectivity index (χ4n) is 2.52. The lowest BCUT2D eigenvalue weighted by atomic mass is 10.2. The van der Waals surface area contributed by atoms with Gasteiger partial charge in [-0.3, -0.25) is 4.79 Å². The molecule has 0 aromatic heterocycles. The first-order valence-electron chi connectivity index (χ1n) is 9.52. The summed E-state index contributed by atoms with van der Waals surface area (Å²) in [6.07, 6.45) is -0.834. The van der Waals surface area contributed by atoms with Gasteiger partial charge in [0.1, 0.15) is 5.75 Å². The molecule has 0 heterocycles. The number of rotatable bonds is 10. The second-order valence-electron chi connectivity index (χ2n) is 6.26. The summed E-state index contributed by atoms with van der Waals surface area (Å²) >= 11 is 0. The van der Waals surface area contributed by atoms with E-state index in [1.54, 1.807) is 31.2 Å². The van der Waals surface area contributed by atoms with E-state index in [0.717, 1.165) is 5.56 Å². The minimum Gasteiger partial charge on any atom is -0.490 e.